The molecule has 0 saturated carbocycles. The number of anilines is 1. The fraction of sp³-hybridized carbons (Fsp3) is 0.194. The quantitative estimate of drug-likeness (QED) is 0.146. The minimum Gasteiger partial charge on any atom is -0.478 e. The second-order valence-electron chi connectivity index (χ2n) is 9.33. The van der Waals surface area contributed by atoms with E-state index in [1.54, 1.807) is 28.8 Å². The van der Waals surface area contributed by atoms with Crippen LogP contribution in [0.4, 0.5) is 19.0 Å². The number of carboxylic acid groups (broad SMARTS) is 2. The zero-order valence-electron chi connectivity index (χ0n) is 22.4. The van der Waals surface area contributed by atoms with E-state index < -0.39 is 41.1 Å². The number of carbonyl (C=O) groups is 3. The third-order valence-corrected chi connectivity index (χ3v) is 6.56. The fourth-order valence-electron chi connectivity index (χ4n) is 4.81. The van der Waals surface area contributed by atoms with Crippen LogP contribution in [-0.2, 0) is 38.4 Å². The highest BCUT2D eigenvalue weighted by molar-refractivity contribution is 6.06. The van der Waals surface area contributed by atoms with E-state index in [4.69, 9.17) is 4.74 Å². The van der Waals surface area contributed by atoms with Gasteiger partial charge in [-0.25, -0.2) is 9.59 Å². The maximum Gasteiger partial charge on any atom is 0.416 e. The van der Waals surface area contributed by atoms with Gasteiger partial charge < -0.3 is 24.8 Å². The first kappa shape index (κ1) is 29.9. The van der Waals surface area contributed by atoms with Crippen LogP contribution in [-0.4, -0.2) is 39.3 Å². The van der Waals surface area contributed by atoms with Crippen LogP contribution in [0.3, 0.4) is 0 Å². The van der Waals surface area contributed by atoms with Gasteiger partial charge >= 0.3 is 24.1 Å². The number of ether oxygens (including phenoxy) is 1. The molecule has 3 N–H and O–H groups in total. The number of halogens is 3. The molecule has 1 heterocycles. The first-order chi connectivity index (χ1) is 20.0. The van der Waals surface area contributed by atoms with E-state index in [2.05, 4.69) is 5.32 Å². The molecule has 218 valence electrons. The zero-order valence-corrected chi connectivity index (χ0v) is 22.4. The number of carbonyl (C=O) groups excluding carboxylic acids is 1. The van der Waals surface area contributed by atoms with E-state index in [9.17, 15) is 37.8 Å². The lowest BCUT2D eigenvalue weighted by Gasteiger charge is -2.20. The molecule has 0 aliphatic rings. The SMILES string of the molecule is CCOC(=O)C(/C(=C/C(=O)O)C(=O)O)c1c(NCc2cccc(C(F)(F)F)c2)n(Cc2ccccc2)c2ccccc12. The average molecular weight is 581 g/mol. The number of benzene rings is 3. The molecule has 8 nitrogen and oxygen atoms in total. The molecule has 4 aromatic rings. The summed E-state index contributed by atoms with van der Waals surface area (Å²) in [6.45, 7) is 1.54. The van der Waals surface area contributed by atoms with Gasteiger partial charge in [0.1, 0.15) is 11.7 Å². The molecule has 0 aliphatic carbocycles. The van der Waals surface area contributed by atoms with E-state index in [1.165, 1.54) is 19.1 Å². The number of aliphatic carboxylic acids is 2. The van der Waals surface area contributed by atoms with Crippen molar-refractivity contribution in [3.63, 3.8) is 0 Å². The lowest BCUT2D eigenvalue weighted by molar-refractivity contribution is -0.146. The highest BCUT2D eigenvalue weighted by Crippen LogP contribution is 2.41. The van der Waals surface area contributed by atoms with Crippen LogP contribution in [0.15, 0.2) is 90.5 Å². The first-order valence-electron chi connectivity index (χ1n) is 12.9. The standard InChI is InChI=1S/C31H27F3N2O6/c1-2-42-30(41)27(23(29(39)40)16-25(37)38)26-22-13-6-7-14-24(22)36(18-19-9-4-3-5-10-19)28(26)35-17-20-11-8-12-21(15-20)31(32,33)34/h3-16,27,35H,2,17-18H2,1H3,(H,37,38)(H,39,40)/b23-16-. The van der Waals surface area contributed by atoms with Crippen LogP contribution in [0.25, 0.3) is 10.9 Å². The van der Waals surface area contributed by atoms with E-state index in [1.807, 2.05) is 30.3 Å². The Balaban J connectivity index is 1.98. The van der Waals surface area contributed by atoms with Crippen molar-refractivity contribution in [3.8, 4) is 0 Å². The van der Waals surface area contributed by atoms with Crippen molar-refractivity contribution in [3.05, 3.63) is 113 Å². The monoisotopic (exact) mass is 580 g/mol. The number of alkyl halides is 3. The smallest absolute Gasteiger partial charge is 0.416 e. The van der Waals surface area contributed by atoms with Crippen molar-refractivity contribution in [1.82, 2.24) is 4.57 Å². The second kappa shape index (κ2) is 12.6. The number of fused-ring (bicyclic) bond motifs is 1. The Morgan fingerprint density at radius 2 is 1.62 bits per heavy atom. The van der Waals surface area contributed by atoms with E-state index in [-0.39, 0.29) is 36.6 Å². The molecule has 1 atom stereocenters. The summed E-state index contributed by atoms with van der Waals surface area (Å²) in [5.74, 6) is -5.65. The maximum absolute atomic E-state index is 13.4. The Hall–Kier alpha value is -5.06. The Labute approximate surface area is 238 Å². The number of nitrogens with zero attached hydrogens (tertiary/aromatic N) is 1. The highest BCUT2D eigenvalue weighted by atomic mass is 19.4. The van der Waals surface area contributed by atoms with Gasteiger partial charge in [-0.15, -0.1) is 0 Å². The number of hydrogen-bond donors (Lipinski definition) is 3. The molecule has 42 heavy (non-hydrogen) atoms. The van der Waals surface area contributed by atoms with Crippen molar-refractivity contribution >= 4 is 34.6 Å². The van der Waals surface area contributed by atoms with Crippen LogP contribution in [0, 0.1) is 0 Å². The molecular formula is C31H27F3N2O6. The highest BCUT2D eigenvalue weighted by Gasteiger charge is 2.37. The van der Waals surface area contributed by atoms with E-state index in [0.717, 1.165) is 17.7 Å². The lowest BCUT2D eigenvalue weighted by atomic mass is 9.89. The van der Waals surface area contributed by atoms with Crippen LogP contribution >= 0.6 is 0 Å². The van der Waals surface area contributed by atoms with Gasteiger partial charge in [0.25, 0.3) is 0 Å². The Morgan fingerprint density at radius 3 is 2.26 bits per heavy atom. The zero-order chi connectivity index (χ0) is 30.4. The van der Waals surface area contributed by atoms with E-state index in [0.29, 0.717) is 17.0 Å². The van der Waals surface area contributed by atoms with Gasteiger partial charge in [0.05, 0.1) is 23.3 Å². The van der Waals surface area contributed by atoms with Gasteiger partial charge in [-0.1, -0.05) is 60.7 Å². The van der Waals surface area contributed by atoms with Crippen LogP contribution < -0.4 is 5.32 Å². The molecule has 0 bridgehead atoms. The maximum atomic E-state index is 13.4. The normalized spacial score (nSPS) is 12.6. The summed E-state index contributed by atoms with van der Waals surface area (Å²) in [7, 11) is 0. The number of aromatic nitrogens is 1. The van der Waals surface area contributed by atoms with Crippen molar-refractivity contribution in [2.75, 3.05) is 11.9 Å². The Morgan fingerprint density at radius 1 is 0.952 bits per heavy atom. The Bertz CT molecular complexity index is 1640. The van der Waals surface area contributed by atoms with Gasteiger partial charge in [0, 0.05) is 30.1 Å². The molecule has 0 saturated heterocycles. The van der Waals surface area contributed by atoms with Crippen LogP contribution in [0.5, 0.6) is 0 Å². The topological polar surface area (TPSA) is 118 Å². The Kier molecular flexibility index (Phi) is 8.99. The predicted octanol–water partition coefficient (Wildman–Crippen LogP) is 6.06. The molecule has 3 aromatic carbocycles. The number of rotatable bonds is 11. The largest absolute Gasteiger partial charge is 0.478 e. The summed E-state index contributed by atoms with van der Waals surface area (Å²) in [4.78, 5) is 37.4. The van der Waals surface area contributed by atoms with Gasteiger partial charge in [-0.2, -0.15) is 13.2 Å². The van der Waals surface area contributed by atoms with Gasteiger partial charge in [0.15, 0.2) is 0 Å². The van der Waals surface area contributed by atoms with Crippen LogP contribution in [0.2, 0.25) is 0 Å². The molecule has 0 amide bonds. The molecule has 0 fully saturated rings. The summed E-state index contributed by atoms with van der Waals surface area (Å²) < 4.78 is 47.2. The summed E-state index contributed by atoms with van der Waals surface area (Å²) in [6.07, 6.45) is -4.11. The number of hydrogen-bond acceptors (Lipinski definition) is 5. The van der Waals surface area contributed by atoms with Gasteiger partial charge in [-0.3, -0.25) is 4.79 Å². The number of nitrogens with one attached hydrogen (secondary N) is 1. The number of esters is 1. The molecule has 0 aliphatic heterocycles. The summed E-state index contributed by atoms with van der Waals surface area (Å²) in [5.41, 5.74) is 0.261. The van der Waals surface area contributed by atoms with Crippen molar-refractivity contribution in [2.24, 2.45) is 0 Å². The molecular weight excluding hydrogens is 553 g/mol. The van der Waals surface area contributed by atoms with Crippen molar-refractivity contribution in [2.45, 2.75) is 32.1 Å². The van der Waals surface area contributed by atoms with Gasteiger partial charge in [0.2, 0.25) is 0 Å². The molecule has 11 heteroatoms. The van der Waals surface area contributed by atoms with Crippen molar-refractivity contribution < 1.29 is 42.5 Å². The second-order valence-corrected chi connectivity index (χ2v) is 9.33. The molecule has 4 rings (SSSR count). The number of para-hydroxylation sites is 1. The van der Waals surface area contributed by atoms with Crippen LogP contribution in [0.1, 0.15) is 35.1 Å². The summed E-state index contributed by atoms with van der Waals surface area (Å²) in [6, 6.07) is 20.8. The summed E-state index contributed by atoms with van der Waals surface area (Å²) in [5, 5.41) is 23.1. The fourth-order valence-corrected chi connectivity index (χ4v) is 4.81. The predicted molar refractivity (Wildman–Crippen MR) is 149 cm³/mol. The van der Waals surface area contributed by atoms with Crippen molar-refractivity contribution in [1.29, 1.82) is 0 Å². The lowest BCUT2D eigenvalue weighted by Crippen LogP contribution is -2.24. The molecule has 1 unspecified atom stereocenters. The average Bonchev–Trinajstić information content (AvgIpc) is 3.24. The number of carboxylic acids is 2. The minimum atomic E-state index is -4.56. The third kappa shape index (κ3) is 6.63. The molecule has 0 spiro atoms. The molecule has 1 aromatic heterocycles. The van der Waals surface area contributed by atoms with Gasteiger partial charge in [-0.05, 0) is 36.2 Å². The minimum absolute atomic E-state index is 0.106. The third-order valence-electron chi connectivity index (χ3n) is 6.56. The first-order valence-corrected chi connectivity index (χ1v) is 12.9. The van der Waals surface area contributed by atoms with E-state index >= 15 is 0 Å². The summed E-state index contributed by atoms with van der Waals surface area (Å²) >= 11 is 0. The molecule has 0 radical (unpaired) electrons.